The molecule has 0 fully saturated rings. The number of unbranched alkanes of at least 4 members (excludes halogenated alkanes) is 4. The van der Waals surface area contributed by atoms with E-state index in [4.69, 9.17) is 0 Å². The first-order valence-electron chi connectivity index (χ1n) is 9.84. The fourth-order valence-corrected chi connectivity index (χ4v) is 2.43. The van der Waals surface area contributed by atoms with Gasteiger partial charge in [0.15, 0.2) is 0 Å². The zero-order valence-electron chi connectivity index (χ0n) is 17.4. The topological polar surface area (TPSA) is 26.3 Å². The maximum Gasteiger partial charge on any atom is 0.301 e. The Balaban J connectivity index is -0.000000457. The van der Waals surface area contributed by atoms with E-state index >= 15 is 0 Å². The van der Waals surface area contributed by atoms with Gasteiger partial charge in [-0.05, 0) is 5.92 Å². The first-order valence-corrected chi connectivity index (χ1v) is 9.84. The fraction of sp³-hybridized carbons (Fsp3) is 0.773. The van der Waals surface area contributed by atoms with Gasteiger partial charge in [0, 0.05) is 46.2 Å². The monoisotopic (exact) mass is 427 g/mol. The smallest absolute Gasteiger partial charge is 0.301 e. The van der Waals surface area contributed by atoms with Gasteiger partial charge < -0.3 is 11.7 Å². The van der Waals surface area contributed by atoms with Crippen molar-refractivity contribution >= 4 is 5.97 Å². The summed E-state index contributed by atoms with van der Waals surface area (Å²) in [5.74, 6) is 1.51. The van der Waals surface area contributed by atoms with Crippen molar-refractivity contribution in [3.05, 3.63) is 26.0 Å². The van der Waals surface area contributed by atoms with E-state index in [0.717, 1.165) is 18.3 Å². The standard InChI is InChI=1S/C16H33.C6H9O2.Y/c1-5-7-8-9-10-12-16(4)14-11-13-15(3)6-2;1-3-4-5-8-6(2)7;/h15-16H,2,5-14H2,1,3-4H3;3-4H,1,5H2,2H3;/q2*-1;/b;4-3+;. The van der Waals surface area contributed by atoms with Gasteiger partial charge in [-0.25, -0.2) is 13.0 Å². The van der Waals surface area contributed by atoms with Crippen LogP contribution < -0.4 is 0 Å². The van der Waals surface area contributed by atoms with E-state index in [0.29, 0.717) is 6.61 Å². The summed E-state index contributed by atoms with van der Waals surface area (Å²) in [6, 6.07) is 0. The molecule has 0 aliphatic rings. The molecule has 2 nitrogen and oxygen atoms in total. The quantitative estimate of drug-likeness (QED) is 0.181. The Labute approximate surface area is 183 Å². The molecule has 1 radical (unpaired) electrons. The van der Waals surface area contributed by atoms with Crippen LogP contribution >= 0.6 is 0 Å². The van der Waals surface area contributed by atoms with Crippen LogP contribution in [0.2, 0.25) is 0 Å². The average molecular weight is 427 g/mol. The van der Waals surface area contributed by atoms with Crippen LogP contribution in [0.15, 0.2) is 12.2 Å². The van der Waals surface area contributed by atoms with Crippen LogP contribution in [0.4, 0.5) is 0 Å². The average Bonchev–Trinajstić information content (AvgIpc) is 2.55. The summed E-state index contributed by atoms with van der Waals surface area (Å²) in [6.45, 7) is 16.1. The fourth-order valence-electron chi connectivity index (χ4n) is 2.43. The molecule has 0 saturated heterocycles. The molecule has 0 saturated carbocycles. The number of carbonyl (C=O) groups is 1. The second-order valence-corrected chi connectivity index (χ2v) is 6.91. The van der Waals surface area contributed by atoms with Gasteiger partial charge in [0.2, 0.25) is 0 Å². The van der Waals surface area contributed by atoms with Crippen LogP contribution in [0, 0.1) is 25.7 Å². The number of rotatable bonds is 13. The number of carbonyl (C=O) groups excluding carboxylic acids is 1. The molecule has 0 aromatic rings. The minimum Gasteiger partial charge on any atom is -0.480 e. The van der Waals surface area contributed by atoms with Crippen LogP contribution in [0.25, 0.3) is 0 Å². The van der Waals surface area contributed by atoms with Gasteiger partial charge >= 0.3 is 5.97 Å². The van der Waals surface area contributed by atoms with Crippen molar-refractivity contribution < 1.29 is 42.2 Å². The van der Waals surface area contributed by atoms with Crippen LogP contribution in [0.5, 0.6) is 0 Å². The Kier molecular flexibility index (Phi) is 29.0. The maximum atomic E-state index is 10.0. The summed E-state index contributed by atoms with van der Waals surface area (Å²) in [7, 11) is 0. The third kappa shape index (κ3) is 29.2. The third-order valence-electron chi connectivity index (χ3n) is 4.24. The van der Waals surface area contributed by atoms with Gasteiger partial charge in [-0.1, -0.05) is 84.5 Å². The Morgan fingerprint density at radius 2 is 1.56 bits per heavy atom. The van der Waals surface area contributed by atoms with Crippen LogP contribution in [0.3, 0.4) is 0 Å². The Hall–Kier alpha value is 0.184. The normalized spacial score (nSPS) is 12.7. The summed E-state index contributed by atoms with van der Waals surface area (Å²) < 4.78 is 4.52. The minimum atomic E-state index is -0.261. The molecule has 0 spiro atoms. The van der Waals surface area contributed by atoms with Crippen molar-refractivity contribution in [2.75, 3.05) is 6.61 Å². The second-order valence-electron chi connectivity index (χ2n) is 6.91. The van der Waals surface area contributed by atoms with E-state index in [1.807, 2.05) is 0 Å². The van der Waals surface area contributed by atoms with E-state index in [9.17, 15) is 4.79 Å². The number of allylic oxidation sites excluding steroid dienone is 1. The van der Waals surface area contributed by atoms with Gasteiger partial charge in [-0.2, -0.15) is 12.5 Å². The molecule has 0 aromatic heterocycles. The van der Waals surface area contributed by atoms with E-state index in [1.165, 1.54) is 64.7 Å². The molecule has 3 heteroatoms. The molecule has 0 amide bonds. The predicted molar refractivity (Wildman–Crippen MR) is 107 cm³/mol. The largest absolute Gasteiger partial charge is 0.480 e. The minimum absolute atomic E-state index is 0. The van der Waals surface area contributed by atoms with Gasteiger partial charge in [-0.3, -0.25) is 4.79 Å². The zero-order valence-corrected chi connectivity index (χ0v) is 20.2. The zero-order chi connectivity index (χ0) is 18.6. The van der Waals surface area contributed by atoms with Crippen LogP contribution in [-0.2, 0) is 42.2 Å². The SMILES string of the molecule is [CH2-]/C=C/COC(C)=O.[CH2-]CC(C)CCCC(C)CCCCCCC.[Y]. The number of hydrogen-bond acceptors (Lipinski definition) is 2. The van der Waals surface area contributed by atoms with Crippen molar-refractivity contribution in [1.82, 2.24) is 0 Å². The van der Waals surface area contributed by atoms with Crippen molar-refractivity contribution in [2.24, 2.45) is 11.8 Å². The van der Waals surface area contributed by atoms with Crippen molar-refractivity contribution in [3.63, 3.8) is 0 Å². The van der Waals surface area contributed by atoms with Gasteiger partial charge in [0.1, 0.15) is 0 Å². The number of hydrogen-bond donors (Lipinski definition) is 0. The van der Waals surface area contributed by atoms with Gasteiger partial charge in [0.25, 0.3) is 0 Å². The van der Waals surface area contributed by atoms with Crippen molar-refractivity contribution in [1.29, 1.82) is 0 Å². The molecule has 0 bridgehead atoms. The molecule has 2 unspecified atom stereocenters. The number of esters is 1. The number of ether oxygens (including phenoxy) is 1. The molecule has 0 rings (SSSR count). The molecule has 25 heavy (non-hydrogen) atoms. The maximum absolute atomic E-state index is 10.0. The molecule has 0 aromatic carbocycles. The molecule has 0 aliphatic carbocycles. The third-order valence-corrected chi connectivity index (χ3v) is 4.24. The van der Waals surface area contributed by atoms with E-state index in [2.05, 4.69) is 39.4 Å². The summed E-state index contributed by atoms with van der Waals surface area (Å²) >= 11 is 0. The van der Waals surface area contributed by atoms with Crippen molar-refractivity contribution in [3.8, 4) is 0 Å². The van der Waals surface area contributed by atoms with E-state index in [1.54, 1.807) is 12.2 Å². The molecular formula is C22H42O2Y-2. The predicted octanol–water partition coefficient (Wildman–Crippen LogP) is 6.95. The second kappa shape index (κ2) is 24.2. The van der Waals surface area contributed by atoms with Crippen LogP contribution in [-0.4, -0.2) is 12.6 Å². The molecule has 147 valence electrons. The van der Waals surface area contributed by atoms with E-state index < -0.39 is 0 Å². The molecule has 0 heterocycles. The Morgan fingerprint density at radius 3 is 2.08 bits per heavy atom. The van der Waals surface area contributed by atoms with Gasteiger partial charge in [0.05, 0.1) is 0 Å². The molecule has 0 aliphatic heterocycles. The summed E-state index contributed by atoms with van der Waals surface area (Å²) in [6.07, 6.45) is 17.2. The molecular weight excluding hydrogens is 385 g/mol. The molecule has 0 N–H and O–H groups in total. The summed E-state index contributed by atoms with van der Waals surface area (Å²) in [5, 5.41) is 0. The summed E-state index contributed by atoms with van der Waals surface area (Å²) in [5.41, 5.74) is 0. The first kappa shape index (κ1) is 29.9. The van der Waals surface area contributed by atoms with Gasteiger partial charge in [-0.15, -0.1) is 0 Å². The Bertz CT molecular complexity index is 290. The summed E-state index contributed by atoms with van der Waals surface area (Å²) in [4.78, 5) is 10.0. The first-order chi connectivity index (χ1) is 11.5. The van der Waals surface area contributed by atoms with Crippen molar-refractivity contribution in [2.45, 2.75) is 91.9 Å². The van der Waals surface area contributed by atoms with Crippen LogP contribution in [0.1, 0.15) is 91.9 Å². The Morgan fingerprint density at radius 1 is 1.00 bits per heavy atom. The van der Waals surface area contributed by atoms with E-state index in [-0.39, 0.29) is 38.7 Å². The molecule has 2 atom stereocenters.